The van der Waals surface area contributed by atoms with Gasteiger partial charge in [-0.25, -0.2) is 21.6 Å². The predicted molar refractivity (Wildman–Crippen MR) is 172 cm³/mol. The molecule has 4 heterocycles. The first kappa shape index (κ1) is 33.8. The van der Waals surface area contributed by atoms with Crippen molar-refractivity contribution in [3.63, 3.8) is 0 Å². The molecular weight excluding hydrogens is 622 g/mol. The number of fused-ring (bicyclic) bond motifs is 3. The second kappa shape index (κ2) is 13.7. The zero-order valence-electron chi connectivity index (χ0n) is 26.4. The number of carbonyl (C=O) groups excluding carboxylic acids is 1. The van der Waals surface area contributed by atoms with Gasteiger partial charge in [0, 0.05) is 82.2 Å². The van der Waals surface area contributed by atoms with Gasteiger partial charge in [-0.15, -0.1) is 0 Å². The van der Waals surface area contributed by atoms with Crippen LogP contribution in [-0.2, 0) is 24.6 Å². The Hall–Kier alpha value is -2.56. The Morgan fingerprint density at radius 2 is 1.64 bits per heavy atom. The van der Waals surface area contributed by atoms with E-state index in [9.17, 15) is 26.4 Å². The Morgan fingerprint density at radius 1 is 1.00 bits per heavy atom. The molecule has 5 rings (SSSR count). The van der Waals surface area contributed by atoms with E-state index in [2.05, 4.69) is 15.1 Å². The van der Waals surface area contributed by atoms with Crippen molar-refractivity contribution in [3.05, 3.63) is 40.7 Å². The van der Waals surface area contributed by atoms with Crippen molar-refractivity contribution in [2.24, 2.45) is 0 Å². The number of amides is 1. The minimum atomic E-state index is -3.85. The molecule has 0 aliphatic carbocycles. The maximum Gasteiger partial charge on any atom is 0.413 e. The summed E-state index contributed by atoms with van der Waals surface area (Å²) in [5, 5.41) is 2.97. The highest BCUT2D eigenvalue weighted by atomic mass is 32.3. The standard InChI is InChI=1S/C30H45N5O8S2/c1-21(2)35-27-8-6-5-7-22(27)15-28(29(35)36)43-30(37)31-23-16-24-9-10-25(17-23)34(24)19-26(42-3)18-32-11-13-33(14-12-32)45(40,41)20-44(4,38)39/h5-8,15,21,23-26H,9-14,16-20H2,1-4H3,(H,31,37)/t23-,24-,25+,26?. The number of rotatable bonds is 11. The molecule has 3 aliphatic heterocycles. The number of pyridine rings is 1. The Kier molecular flexibility index (Phi) is 10.3. The number of methoxy groups -OCH3 is 1. The van der Waals surface area contributed by atoms with Gasteiger partial charge >= 0.3 is 6.09 Å². The summed E-state index contributed by atoms with van der Waals surface area (Å²) < 4.78 is 62.3. The highest BCUT2D eigenvalue weighted by molar-refractivity contribution is 8.06. The quantitative estimate of drug-likeness (QED) is 0.375. The Morgan fingerprint density at radius 3 is 2.24 bits per heavy atom. The van der Waals surface area contributed by atoms with E-state index in [0.29, 0.717) is 19.6 Å². The van der Waals surface area contributed by atoms with Crippen molar-refractivity contribution < 1.29 is 31.1 Å². The maximum atomic E-state index is 13.2. The summed E-state index contributed by atoms with van der Waals surface area (Å²) in [4.78, 5) is 30.8. The number of carbonyl (C=O) groups is 1. The lowest BCUT2D eigenvalue weighted by molar-refractivity contribution is 0.00321. The van der Waals surface area contributed by atoms with E-state index in [1.165, 1.54) is 4.31 Å². The Balaban J connectivity index is 1.13. The molecule has 15 heteroatoms. The molecule has 45 heavy (non-hydrogen) atoms. The molecule has 0 radical (unpaired) electrons. The summed E-state index contributed by atoms with van der Waals surface area (Å²) in [7, 11) is -5.81. The van der Waals surface area contributed by atoms with Crippen molar-refractivity contribution in [1.82, 2.24) is 24.0 Å². The zero-order valence-corrected chi connectivity index (χ0v) is 28.1. The van der Waals surface area contributed by atoms with E-state index in [0.717, 1.165) is 49.4 Å². The third kappa shape index (κ3) is 8.06. The van der Waals surface area contributed by atoms with Crippen molar-refractivity contribution in [2.45, 2.75) is 69.8 Å². The van der Waals surface area contributed by atoms with E-state index in [1.807, 2.05) is 38.1 Å². The molecular formula is C30H45N5O8S2. The predicted octanol–water partition coefficient (Wildman–Crippen LogP) is 1.63. The van der Waals surface area contributed by atoms with Gasteiger partial charge in [0.1, 0.15) is 0 Å². The van der Waals surface area contributed by atoms with Gasteiger partial charge in [-0.3, -0.25) is 14.6 Å². The smallest absolute Gasteiger partial charge is 0.404 e. The summed E-state index contributed by atoms with van der Waals surface area (Å²) in [6.45, 7) is 6.71. The van der Waals surface area contributed by atoms with Gasteiger partial charge in [-0.05, 0) is 51.7 Å². The average molecular weight is 668 g/mol. The maximum absolute atomic E-state index is 13.2. The third-order valence-corrected chi connectivity index (χ3v) is 13.2. The second-order valence-corrected chi connectivity index (χ2v) is 17.3. The fraction of sp³-hybridized carbons (Fsp3) is 0.667. The highest BCUT2D eigenvalue weighted by Crippen LogP contribution is 2.36. The minimum absolute atomic E-state index is 0.0112. The molecule has 2 bridgehead atoms. The van der Waals surface area contributed by atoms with Crippen LogP contribution in [0.15, 0.2) is 35.1 Å². The van der Waals surface area contributed by atoms with Crippen LogP contribution in [0, 0.1) is 0 Å². The number of piperidine rings is 1. The number of hydrogen-bond acceptors (Lipinski definition) is 10. The zero-order chi connectivity index (χ0) is 32.5. The van der Waals surface area contributed by atoms with Crippen LogP contribution in [0.2, 0.25) is 0 Å². The first-order chi connectivity index (χ1) is 21.2. The molecule has 1 aromatic carbocycles. The normalized spacial score (nSPS) is 24.2. The van der Waals surface area contributed by atoms with Crippen molar-refractivity contribution in [1.29, 1.82) is 0 Å². The summed E-state index contributed by atoms with van der Waals surface area (Å²) in [6, 6.07) is 9.57. The molecule has 4 atom stereocenters. The molecule has 0 spiro atoms. The lowest BCUT2D eigenvalue weighted by Crippen LogP contribution is -2.55. The van der Waals surface area contributed by atoms with Gasteiger partial charge in [0.2, 0.25) is 10.0 Å². The lowest BCUT2D eigenvalue weighted by Gasteiger charge is -2.41. The summed E-state index contributed by atoms with van der Waals surface area (Å²) in [5.41, 5.74) is 0.458. The SMILES string of the molecule is COC(CN1CCN(S(=O)(=O)CS(C)(=O)=O)CC1)CN1[C@@H]2CC[C@H]1C[C@H](NC(=O)Oc1cc3ccccc3n(C(C)C)c1=O)C2. The number of benzene rings is 1. The molecule has 2 aromatic rings. The number of nitrogens with one attached hydrogen (secondary N) is 1. The van der Waals surface area contributed by atoms with E-state index in [4.69, 9.17) is 9.47 Å². The summed E-state index contributed by atoms with van der Waals surface area (Å²) in [5.74, 6) is 0.0112. The Bertz CT molecular complexity index is 1640. The molecule has 0 saturated carbocycles. The van der Waals surface area contributed by atoms with Crippen LogP contribution in [-0.4, -0.2) is 124 Å². The number of nitrogens with zero attached hydrogens (tertiary/aromatic N) is 4. The minimum Gasteiger partial charge on any atom is -0.404 e. The van der Waals surface area contributed by atoms with E-state index < -0.39 is 31.0 Å². The van der Waals surface area contributed by atoms with Gasteiger partial charge in [0.15, 0.2) is 20.7 Å². The molecule has 13 nitrogen and oxygen atoms in total. The first-order valence-electron chi connectivity index (χ1n) is 15.5. The molecule has 1 unspecified atom stereocenters. The van der Waals surface area contributed by atoms with Crippen LogP contribution < -0.4 is 15.6 Å². The number of para-hydroxylation sites is 1. The van der Waals surface area contributed by atoms with Crippen LogP contribution in [0.25, 0.3) is 10.9 Å². The first-order valence-corrected chi connectivity index (χ1v) is 19.2. The summed E-state index contributed by atoms with van der Waals surface area (Å²) >= 11 is 0. The number of sulfonamides is 1. The summed E-state index contributed by atoms with van der Waals surface area (Å²) in [6.07, 6.45) is 3.81. The fourth-order valence-electron chi connectivity index (χ4n) is 7.10. The monoisotopic (exact) mass is 667 g/mol. The topological polar surface area (TPSA) is 148 Å². The number of hydrogen-bond donors (Lipinski definition) is 1. The van der Waals surface area contributed by atoms with Crippen molar-refractivity contribution in [3.8, 4) is 5.75 Å². The number of sulfone groups is 1. The fourth-order valence-corrected chi connectivity index (χ4v) is 10.6. The van der Waals surface area contributed by atoms with Crippen molar-refractivity contribution in [2.75, 3.05) is 57.7 Å². The number of piperazine rings is 1. The largest absolute Gasteiger partial charge is 0.413 e. The van der Waals surface area contributed by atoms with Gasteiger partial charge in [0.25, 0.3) is 5.56 Å². The second-order valence-electron chi connectivity index (χ2n) is 12.8. The van der Waals surface area contributed by atoms with Gasteiger partial charge in [0.05, 0.1) is 11.6 Å². The average Bonchev–Trinajstić information content (AvgIpc) is 3.18. The molecule has 3 fully saturated rings. The molecule has 250 valence electrons. The molecule has 1 N–H and O–H groups in total. The van der Waals surface area contributed by atoms with E-state index >= 15 is 0 Å². The van der Waals surface area contributed by atoms with Crippen LogP contribution in [0.5, 0.6) is 5.75 Å². The van der Waals surface area contributed by atoms with E-state index in [1.54, 1.807) is 17.7 Å². The third-order valence-electron chi connectivity index (χ3n) is 9.14. The van der Waals surface area contributed by atoms with Gasteiger partial charge < -0.3 is 19.4 Å². The van der Waals surface area contributed by atoms with Crippen LogP contribution in [0.1, 0.15) is 45.6 Å². The highest BCUT2D eigenvalue weighted by Gasteiger charge is 2.42. The van der Waals surface area contributed by atoms with Gasteiger partial charge in [-0.2, -0.15) is 4.31 Å². The molecule has 1 amide bonds. The number of aromatic nitrogens is 1. The van der Waals surface area contributed by atoms with E-state index in [-0.39, 0.29) is 54.7 Å². The molecule has 3 aliphatic rings. The molecule has 3 saturated heterocycles. The molecule has 1 aromatic heterocycles. The van der Waals surface area contributed by atoms with Crippen LogP contribution >= 0.6 is 0 Å². The van der Waals surface area contributed by atoms with Crippen LogP contribution in [0.3, 0.4) is 0 Å². The Labute approximate surface area is 265 Å². The van der Waals surface area contributed by atoms with Crippen molar-refractivity contribution >= 4 is 36.9 Å². The van der Waals surface area contributed by atoms with Crippen LogP contribution in [0.4, 0.5) is 4.79 Å². The lowest BCUT2D eigenvalue weighted by atomic mass is 9.97. The van der Waals surface area contributed by atoms with Gasteiger partial charge in [-0.1, -0.05) is 18.2 Å². The number of ether oxygens (including phenoxy) is 2.